The number of thiophene rings is 1. The lowest BCUT2D eigenvalue weighted by molar-refractivity contribution is -0.890. The van der Waals surface area contributed by atoms with Gasteiger partial charge in [0.05, 0.1) is 30.4 Å². The number of nitrogens with one attached hydrogen (secondary N) is 2. The molecular weight excluding hydrogens is 338 g/mol. The third-order valence-corrected chi connectivity index (χ3v) is 4.76. The van der Waals surface area contributed by atoms with Crippen LogP contribution in [0.3, 0.4) is 0 Å². The van der Waals surface area contributed by atoms with Gasteiger partial charge in [-0.25, -0.2) is 0 Å². The summed E-state index contributed by atoms with van der Waals surface area (Å²) in [5.41, 5.74) is -0.0489. The molecule has 0 saturated carbocycles. The Morgan fingerprint density at radius 2 is 2.17 bits per heavy atom. The van der Waals surface area contributed by atoms with E-state index in [1.54, 1.807) is 11.3 Å². The average molecular weight is 355 g/mol. The van der Waals surface area contributed by atoms with Gasteiger partial charge in [0.2, 0.25) is 0 Å². The zero-order valence-corrected chi connectivity index (χ0v) is 14.3. The minimum absolute atomic E-state index is 0.0146. The van der Waals surface area contributed by atoms with Gasteiger partial charge in [0, 0.05) is 11.6 Å². The number of halogens is 1. The van der Waals surface area contributed by atoms with Crippen LogP contribution < -0.4 is 10.2 Å². The van der Waals surface area contributed by atoms with E-state index in [2.05, 4.69) is 5.32 Å². The van der Waals surface area contributed by atoms with Crippen molar-refractivity contribution in [2.24, 2.45) is 0 Å². The quantitative estimate of drug-likeness (QED) is 0.614. The van der Waals surface area contributed by atoms with Crippen molar-refractivity contribution < 1.29 is 14.6 Å². The Bertz CT molecular complexity index is 704. The van der Waals surface area contributed by atoms with E-state index in [1.165, 1.54) is 28.0 Å². The van der Waals surface area contributed by atoms with Crippen LogP contribution >= 0.6 is 22.9 Å². The number of quaternary nitrogens is 1. The number of benzene rings is 1. The third kappa shape index (κ3) is 4.28. The second-order valence-corrected chi connectivity index (χ2v) is 6.67. The van der Waals surface area contributed by atoms with Gasteiger partial charge in [0.25, 0.3) is 11.6 Å². The monoisotopic (exact) mass is 354 g/mol. The van der Waals surface area contributed by atoms with E-state index in [0.29, 0.717) is 6.54 Å². The lowest BCUT2D eigenvalue weighted by Crippen LogP contribution is -3.06. The average Bonchev–Trinajstić information content (AvgIpc) is 3.01. The van der Waals surface area contributed by atoms with E-state index < -0.39 is 4.92 Å². The molecule has 6 nitrogen and oxygen atoms in total. The van der Waals surface area contributed by atoms with E-state index in [-0.39, 0.29) is 28.2 Å². The highest BCUT2D eigenvalue weighted by atomic mass is 35.5. The molecule has 2 N–H and O–H groups in total. The van der Waals surface area contributed by atoms with Crippen molar-refractivity contribution in [3.8, 4) is 0 Å². The van der Waals surface area contributed by atoms with Gasteiger partial charge in [-0.2, -0.15) is 0 Å². The minimum atomic E-state index is -0.600. The van der Waals surface area contributed by atoms with Gasteiger partial charge in [-0.3, -0.25) is 14.9 Å². The third-order valence-electron chi connectivity index (χ3n) is 3.46. The Kier molecular flexibility index (Phi) is 5.70. The van der Waals surface area contributed by atoms with Crippen LogP contribution in [0.1, 0.15) is 21.3 Å². The van der Waals surface area contributed by atoms with Crippen molar-refractivity contribution in [1.29, 1.82) is 0 Å². The molecule has 0 radical (unpaired) electrons. The van der Waals surface area contributed by atoms with Crippen LogP contribution in [-0.2, 0) is 0 Å². The number of amides is 1. The molecule has 8 heteroatoms. The predicted octanol–water partition coefficient (Wildman–Crippen LogP) is 1.93. The molecule has 0 spiro atoms. The summed E-state index contributed by atoms with van der Waals surface area (Å²) in [6.45, 7) is 0.443. The lowest BCUT2D eigenvalue weighted by atomic mass is 10.1. The van der Waals surface area contributed by atoms with Crippen molar-refractivity contribution >= 4 is 34.5 Å². The maximum absolute atomic E-state index is 12.2. The zero-order chi connectivity index (χ0) is 17.0. The molecule has 23 heavy (non-hydrogen) atoms. The molecule has 0 unspecified atom stereocenters. The van der Waals surface area contributed by atoms with Crippen molar-refractivity contribution in [2.75, 3.05) is 20.6 Å². The molecule has 122 valence electrons. The normalized spacial score (nSPS) is 12.2. The van der Waals surface area contributed by atoms with E-state index >= 15 is 0 Å². The van der Waals surface area contributed by atoms with E-state index in [9.17, 15) is 14.9 Å². The Balaban J connectivity index is 2.10. The second kappa shape index (κ2) is 7.54. The molecule has 0 saturated heterocycles. The highest BCUT2D eigenvalue weighted by Crippen LogP contribution is 2.25. The first-order chi connectivity index (χ1) is 10.9. The topological polar surface area (TPSA) is 76.7 Å². The van der Waals surface area contributed by atoms with E-state index in [1.807, 2.05) is 31.6 Å². The summed E-state index contributed by atoms with van der Waals surface area (Å²) in [5, 5.41) is 15.7. The second-order valence-electron chi connectivity index (χ2n) is 5.28. The molecule has 0 aliphatic rings. The van der Waals surface area contributed by atoms with E-state index in [0.717, 1.165) is 0 Å². The van der Waals surface area contributed by atoms with Crippen molar-refractivity contribution in [3.05, 3.63) is 61.3 Å². The number of rotatable bonds is 6. The number of carbonyl (C=O) groups is 1. The van der Waals surface area contributed by atoms with Crippen LogP contribution in [0.25, 0.3) is 0 Å². The molecule has 0 aliphatic heterocycles. The van der Waals surface area contributed by atoms with Crippen LogP contribution in [0, 0.1) is 10.1 Å². The van der Waals surface area contributed by atoms with Crippen molar-refractivity contribution in [2.45, 2.75) is 6.04 Å². The molecule has 2 aromatic rings. The fourth-order valence-electron chi connectivity index (χ4n) is 2.17. The van der Waals surface area contributed by atoms with E-state index in [4.69, 9.17) is 11.6 Å². The summed E-state index contributed by atoms with van der Waals surface area (Å²) in [7, 11) is 4.04. The summed E-state index contributed by atoms with van der Waals surface area (Å²) in [4.78, 5) is 24.9. The van der Waals surface area contributed by atoms with Crippen LogP contribution in [0.2, 0.25) is 5.02 Å². The summed E-state index contributed by atoms with van der Waals surface area (Å²) in [5.74, 6) is -0.354. The number of likely N-dealkylation sites (N-methyl/N-ethyl adjacent to an activating group) is 1. The number of nitro benzene ring substituents is 1. The molecule has 1 amide bonds. The zero-order valence-electron chi connectivity index (χ0n) is 12.7. The standard InChI is InChI=1S/C15H16ClN3O3S/c1-18(2)13(14-4-3-7-23-14)9-17-15(20)10-5-6-11(16)12(8-10)19(21)22/h3-8,13H,9H2,1-2H3,(H,17,20)/p+1/t13-/m0/s1. The van der Waals surface area contributed by atoms with Gasteiger partial charge in [-0.1, -0.05) is 17.7 Å². The van der Waals surface area contributed by atoms with Gasteiger partial charge < -0.3 is 10.2 Å². The summed E-state index contributed by atoms with van der Waals surface area (Å²) in [6, 6.07) is 8.17. The van der Waals surface area contributed by atoms with Gasteiger partial charge in [-0.15, -0.1) is 11.3 Å². The van der Waals surface area contributed by atoms with Gasteiger partial charge in [0.1, 0.15) is 11.1 Å². The molecular formula is C15H17ClN3O3S+. The molecule has 2 rings (SSSR count). The van der Waals surface area contributed by atoms with Crippen LogP contribution in [-0.4, -0.2) is 31.5 Å². The number of hydrogen-bond donors (Lipinski definition) is 2. The van der Waals surface area contributed by atoms with Crippen molar-refractivity contribution in [1.82, 2.24) is 5.32 Å². The lowest BCUT2D eigenvalue weighted by Gasteiger charge is -2.20. The number of nitro groups is 1. The largest absolute Gasteiger partial charge is 0.346 e. The first-order valence-corrected chi connectivity index (χ1v) is 8.21. The molecule has 0 aliphatic carbocycles. The Morgan fingerprint density at radius 1 is 1.43 bits per heavy atom. The van der Waals surface area contributed by atoms with Crippen LogP contribution in [0.4, 0.5) is 5.69 Å². The first kappa shape index (κ1) is 17.4. The van der Waals surface area contributed by atoms with Crippen LogP contribution in [0.15, 0.2) is 35.7 Å². The molecule has 1 aromatic carbocycles. The first-order valence-electron chi connectivity index (χ1n) is 6.95. The maximum atomic E-state index is 12.2. The molecule has 0 fully saturated rings. The van der Waals surface area contributed by atoms with Gasteiger partial charge in [0.15, 0.2) is 0 Å². The highest BCUT2D eigenvalue weighted by molar-refractivity contribution is 7.10. The summed E-state index contributed by atoms with van der Waals surface area (Å²) >= 11 is 7.39. The van der Waals surface area contributed by atoms with Crippen molar-refractivity contribution in [3.63, 3.8) is 0 Å². The number of hydrogen-bond acceptors (Lipinski definition) is 4. The number of nitrogens with zero attached hydrogens (tertiary/aromatic N) is 1. The Labute approximate surface area is 142 Å². The molecule has 1 atom stereocenters. The fraction of sp³-hybridized carbons (Fsp3) is 0.267. The summed E-state index contributed by atoms with van der Waals surface area (Å²) < 4.78 is 0. The van der Waals surface area contributed by atoms with Gasteiger partial charge >= 0.3 is 0 Å². The molecule has 1 heterocycles. The number of carbonyl (C=O) groups excluding carboxylic acids is 1. The molecule has 0 bridgehead atoms. The fourth-order valence-corrected chi connectivity index (χ4v) is 3.31. The summed E-state index contributed by atoms with van der Waals surface area (Å²) in [6.07, 6.45) is 0. The maximum Gasteiger partial charge on any atom is 0.288 e. The minimum Gasteiger partial charge on any atom is -0.346 e. The van der Waals surface area contributed by atoms with Crippen LogP contribution in [0.5, 0.6) is 0 Å². The SMILES string of the molecule is C[NH+](C)[C@@H](CNC(=O)c1ccc(Cl)c([N+](=O)[O-])c1)c1cccs1. The smallest absolute Gasteiger partial charge is 0.288 e. The molecule has 1 aromatic heterocycles. The highest BCUT2D eigenvalue weighted by Gasteiger charge is 2.21. The predicted molar refractivity (Wildman–Crippen MR) is 90.3 cm³/mol. The Morgan fingerprint density at radius 3 is 2.74 bits per heavy atom. The Hall–Kier alpha value is -1.96. The van der Waals surface area contributed by atoms with Gasteiger partial charge in [-0.05, 0) is 23.6 Å².